The van der Waals surface area contributed by atoms with Crippen LogP contribution in [0.3, 0.4) is 0 Å². The zero-order chi connectivity index (χ0) is 22.8. The molecule has 1 aliphatic heterocycles. The summed E-state index contributed by atoms with van der Waals surface area (Å²) < 4.78 is 11.5. The SMILES string of the molecule is CCc1c(O)cc(O)c(-c2cccc(C(=O)NC3CC3)c2)c1CC1O[C@@H](CO)[C@H](CO)O1. The Balaban J connectivity index is 1.72. The van der Waals surface area contributed by atoms with E-state index in [0.717, 1.165) is 12.8 Å². The second kappa shape index (κ2) is 9.46. The Morgan fingerprint density at radius 3 is 2.31 bits per heavy atom. The molecule has 32 heavy (non-hydrogen) atoms. The van der Waals surface area contributed by atoms with E-state index in [4.69, 9.17) is 9.47 Å². The fourth-order valence-electron chi connectivity index (χ4n) is 4.18. The van der Waals surface area contributed by atoms with Crippen molar-refractivity contribution in [2.75, 3.05) is 13.2 Å². The Bertz CT molecular complexity index is 977. The van der Waals surface area contributed by atoms with E-state index < -0.39 is 18.5 Å². The Hall–Kier alpha value is -2.65. The average molecular weight is 443 g/mol. The first-order valence-electron chi connectivity index (χ1n) is 11.0. The Labute approximate surface area is 186 Å². The van der Waals surface area contributed by atoms with Gasteiger partial charge in [0, 0.05) is 29.7 Å². The molecule has 8 nitrogen and oxygen atoms in total. The highest BCUT2D eigenvalue weighted by Gasteiger charge is 2.36. The van der Waals surface area contributed by atoms with Crippen LogP contribution in [0.15, 0.2) is 30.3 Å². The monoisotopic (exact) mass is 443 g/mol. The minimum Gasteiger partial charge on any atom is -0.508 e. The highest BCUT2D eigenvalue weighted by Crippen LogP contribution is 2.41. The van der Waals surface area contributed by atoms with Crippen LogP contribution >= 0.6 is 0 Å². The van der Waals surface area contributed by atoms with Crippen LogP contribution in [0, 0.1) is 0 Å². The van der Waals surface area contributed by atoms with Gasteiger partial charge in [0.25, 0.3) is 5.91 Å². The lowest BCUT2D eigenvalue weighted by Crippen LogP contribution is -2.29. The van der Waals surface area contributed by atoms with Gasteiger partial charge >= 0.3 is 0 Å². The van der Waals surface area contributed by atoms with E-state index in [0.29, 0.717) is 34.2 Å². The fourth-order valence-corrected chi connectivity index (χ4v) is 4.18. The fraction of sp³-hybridized carbons (Fsp3) is 0.458. The summed E-state index contributed by atoms with van der Waals surface area (Å²) in [6, 6.07) is 8.52. The highest BCUT2D eigenvalue weighted by molar-refractivity contribution is 5.96. The quantitative estimate of drug-likeness (QED) is 0.421. The molecule has 2 aromatic carbocycles. The van der Waals surface area contributed by atoms with Gasteiger partial charge in [-0.2, -0.15) is 0 Å². The van der Waals surface area contributed by atoms with Crippen molar-refractivity contribution in [1.29, 1.82) is 0 Å². The summed E-state index contributed by atoms with van der Waals surface area (Å²) in [5.41, 5.74) is 2.86. The number of phenolic OH excluding ortho intramolecular Hbond substituents is 2. The Kier molecular flexibility index (Phi) is 6.66. The maximum Gasteiger partial charge on any atom is 0.251 e. The lowest BCUT2D eigenvalue weighted by molar-refractivity contribution is -0.0725. The second-order valence-electron chi connectivity index (χ2n) is 8.28. The van der Waals surface area contributed by atoms with Gasteiger partial charge in [0.15, 0.2) is 6.29 Å². The molecule has 2 aromatic rings. The van der Waals surface area contributed by atoms with E-state index >= 15 is 0 Å². The normalized spacial score (nSPS) is 21.1. The van der Waals surface area contributed by atoms with E-state index in [1.54, 1.807) is 24.3 Å². The number of aromatic hydroxyl groups is 2. The van der Waals surface area contributed by atoms with Gasteiger partial charge in [-0.25, -0.2) is 0 Å². The first-order valence-corrected chi connectivity index (χ1v) is 11.0. The van der Waals surface area contributed by atoms with Crippen molar-refractivity contribution in [2.45, 2.75) is 57.1 Å². The molecule has 2 aliphatic rings. The molecule has 1 amide bonds. The smallest absolute Gasteiger partial charge is 0.251 e. The van der Waals surface area contributed by atoms with Crippen LogP contribution in [-0.2, 0) is 22.3 Å². The third-order valence-electron chi connectivity index (χ3n) is 5.98. The molecule has 1 aliphatic carbocycles. The number of hydrogen-bond donors (Lipinski definition) is 5. The molecule has 0 spiro atoms. The predicted molar refractivity (Wildman–Crippen MR) is 116 cm³/mol. The number of benzene rings is 2. The molecular weight excluding hydrogens is 414 g/mol. The molecule has 0 bridgehead atoms. The zero-order valence-corrected chi connectivity index (χ0v) is 18.0. The molecule has 0 radical (unpaired) electrons. The molecule has 172 valence electrons. The van der Waals surface area contributed by atoms with Crippen molar-refractivity contribution in [3.63, 3.8) is 0 Å². The minimum atomic E-state index is -0.768. The lowest BCUT2D eigenvalue weighted by atomic mass is 9.89. The summed E-state index contributed by atoms with van der Waals surface area (Å²) >= 11 is 0. The number of phenols is 2. The molecule has 0 aromatic heterocycles. The van der Waals surface area contributed by atoms with Crippen LogP contribution in [0.4, 0.5) is 0 Å². The number of rotatable bonds is 8. The number of carbonyl (C=O) groups is 1. The van der Waals surface area contributed by atoms with Crippen LogP contribution < -0.4 is 5.32 Å². The Morgan fingerprint density at radius 1 is 1.03 bits per heavy atom. The lowest BCUT2D eigenvalue weighted by Gasteiger charge is -2.20. The van der Waals surface area contributed by atoms with Crippen molar-refractivity contribution >= 4 is 5.91 Å². The molecule has 5 N–H and O–H groups in total. The van der Waals surface area contributed by atoms with Gasteiger partial charge in [-0.05, 0) is 48.1 Å². The number of ether oxygens (including phenoxy) is 2. The van der Waals surface area contributed by atoms with Gasteiger partial charge in [-0.3, -0.25) is 4.79 Å². The van der Waals surface area contributed by atoms with Crippen molar-refractivity contribution in [3.8, 4) is 22.6 Å². The third-order valence-corrected chi connectivity index (χ3v) is 5.98. The summed E-state index contributed by atoms with van der Waals surface area (Å²) in [4.78, 5) is 12.5. The molecule has 2 atom stereocenters. The summed E-state index contributed by atoms with van der Waals surface area (Å²) in [6.45, 7) is 1.31. The number of amides is 1. The molecule has 4 rings (SSSR count). The summed E-state index contributed by atoms with van der Waals surface area (Å²) in [6.07, 6.45) is 0.578. The maximum absolute atomic E-state index is 12.5. The molecule has 8 heteroatoms. The summed E-state index contributed by atoms with van der Waals surface area (Å²) in [5, 5.41) is 43.2. The third kappa shape index (κ3) is 4.59. The molecule has 0 unspecified atom stereocenters. The standard InChI is InChI=1S/C24H29NO7/c1-2-16-17(9-22-31-20(11-26)21(12-27)32-22)23(19(29)10-18(16)28)13-4-3-5-14(8-13)24(30)25-15-6-7-15/h3-5,8,10,15,20-22,26-29H,2,6-7,9,11-12H2,1H3,(H,25,30)/t20-,21-/m0/s1. The van der Waals surface area contributed by atoms with E-state index in [9.17, 15) is 25.2 Å². The molecular formula is C24H29NO7. The summed E-state index contributed by atoms with van der Waals surface area (Å²) in [7, 11) is 0. The van der Waals surface area contributed by atoms with E-state index in [-0.39, 0.29) is 43.1 Å². The van der Waals surface area contributed by atoms with Gasteiger partial charge in [-0.15, -0.1) is 0 Å². The zero-order valence-electron chi connectivity index (χ0n) is 18.0. The first-order chi connectivity index (χ1) is 15.4. The van der Waals surface area contributed by atoms with Crippen LogP contribution in [0.1, 0.15) is 41.3 Å². The van der Waals surface area contributed by atoms with Crippen LogP contribution in [0.2, 0.25) is 0 Å². The number of hydrogen-bond acceptors (Lipinski definition) is 7. The molecule has 1 saturated heterocycles. The van der Waals surface area contributed by atoms with Crippen molar-refractivity contribution in [3.05, 3.63) is 47.0 Å². The van der Waals surface area contributed by atoms with E-state index in [1.807, 2.05) is 6.92 Å². The average Bonchev–Trinajstić information content (AvgIpc) is 3.50. The van der Waals surface area contributed by atoms with Crippen molar-refractivity contribution < 1.29 is 34.7 Å². The number of aliphatic hydroxyl groups excluding tert-OH is 2. The van der Waals surface area contributed by atoms with E-state index in [2.05, 4.69) is 5.32 Å². The van der Waals surface area contributed by atoms with Crippen molar-refractivity contribution in [1.82, 2.24) is 5.32 Å². The largest absolute Gasteiger partial charge is 0.508 e. The second-order valence-corrected chi connectivity index (χ2v) is 8.28. The van der Waals surface area contributed by atoms with Crippen LogP contribution in [0.5, 0.6) is 11.5 Å². The summed E-state index contributed by atoms with van der Waals surface area (Å²) in [5.74, 6) is -0.324. The molecule has 1 saturated carbocycles. The van der Waals surface area contributed by atoms with Gasteiger partial charge < -0.3 is 35.2 Å². The first kappa shape index (κ1) is 22.5. The van der Waals surface area contributed by atoms with Crippen molar-refractivity contribution in [2.24, 2.45) is 0 Å². The van der Waals surface area contributed by atoms with E-state index in [1.165, 1.54) is 6.07 Å². The van der Waals surface area contributed by atoms with Gasteiger partial charge in [0.1, 0.15) is 23.7 Å². The molecule has 2 fully saturated rings. The minimum absolute atomic E-state index is 0.0400. The van der Waals surface area contributed by atoms with Gasteiger partial charge in [0.05, 0.1) is 13.2 Å². The number of carbonyl (C=O) groups excluding carboxylic acids is 1. The molecule has 1 heterocycles. The topological polar surface area (TPSA) is 128 Å². The number of nitrogens with one attached hydrogen (secondary N) is 1. The highest BCUT2D eigenvalue weighted by atomic mass is 16.7. The van der Waals surface area contributed by atoms with Gasteiger partial charge in [0.2, 0.25) is 0 Å². The predicted octanol–water partition coefficient (Wildman–Crippen LogP) is 1.86. The number of aliphatic hydroxyl groups is 2. The Morgan fingerprint density at radius 2 is 1.72 bits per heavy atom. The van der Waals surface area contributed by atoms with Gasteiger partial charge in [-0.1, -0.05) is 19.1 Å². The van der Waals surface area contributed by atoms with Crippen LogP contribution in [-0.4, -0.2) is 64.1 Å². The van der Waals surface area contributed by atoms with Crippen LogP contribution in [0.25, 0.3) is 11.1 Å². The maximum atomic E-state index is 12.5.